The number of aryl methyl sites for hydroxylation is 1. The number of piperidine rings is 1. The first-order valence-electron chi connectivity index (χ1n) is 9.14. The Morgan fingerprint density at radius 3 is 2.61 bits per heavy atom. The molecule has 1 atom stereocenters. The Kier molecular flexibility index (Phi) is 5.05. The molecule has 0 radical (unpaired) electrons. The molecule has 23 heavy (non-hydrogen) atoms. The van der Waals surface area contributed by atoms with Gasteiger partial charge >= 0.3 is 0 Å². The molecule has 2 saturated heterocycles. The van der Waals surface area contributed by atoms with E-state index in [9.17, 15) is 4.79 Å². The maximum Gasteiger partial charge on any atom is 0.227 e. The first-order chi connectivity index (χ1) is 11.1. The van der Waals surface area contributed by atoms with Crippen molar-refractivity contribution in [2.24, 2.45) is 5.92 Å². The van der Waals surface area contributed by atoms with Gasteiger partial charge in [0.2, 0.25) is 5.91 Å². The first-order valence-corrected chi connectivity index (χ1v) is 9.14. The molecule has 0 aromatic carbocycles. The highest BCUT2D eigenvalue weighted by Gasteiger charge is 2.34. The monoisotopic (exact) mass is 318 g/mol. The van der Waals surface area contributed by atoms with Crippen LogP contribution in [0.25, 0.3) is 0 Å². The van der Waals surface area contributed by atoms with Gasteiger partial charge in [-0.2, -0.15) is 0 Å². The zero-order valence-corrected chi connectivity index (χ0v) is 14.7. The molecule has 1 aromatic heterocycles. The van der Waals surface area contributed by atoms with E-state index in [-0.39, 0.29) is 5.92 Å². The van der Waals surface area contributed by atoms with Crippen LogP contribution in [-0.2, 0) is 11.3 Å². The standard InChI is InChI=1S/C18H30N4O/c1-4-20-12-8-19-17(20)15-5-9-21(10-6-15)18(23)16-7-11-22(13-16)14(2)3/h8,12,14-16H,4-7,9-11,13H2,1-3H3/t16-/m1/s1. The van der Waals surface area contributed by atoms with Gasteiger partial charge in [-0.3, -0.25) is 4.79 Å². The summed E-state index contributed by atoms with van der Waals surface area (Å²) in [5, 5.41) is 0. The van der Waals surface area contributed by atoms with Crippen LogP contribution in [0, 0.1) is 5.92 Å². The lowest BCUT2D eigenvalue weighted by molar-refractivity contribution is -0.136. The fourth-order valence-corrected chi connectivity index (χ4v) is 4.02. The van der Waals surface area contributed by atoms with Gasteiger partial charge in [0.15, 0.2) is 0 Å². The van der Waals surface area contributed by atoms with Crippen LogP contribution in [0.3, 0.4) is 0 Å². The molecule has 2 aliphatic rings. The third kappa shape index (κ3) is 3.44. The first kappa shape index (κ1) is 16.5. The van der Waals surface area contributed by atoms with Crippen molar-refractivity contribution >= 4 is 5.91 Å². The van der Waals surface area contributed by atoms with Crippen LogP contribution in [-0.4, -0.2) is 57.5 Å². The van der Waals surface area contributed by atoms with Crippen molar-refractivity contribution in [3.8, 4) is 0 Å². The van der Waals surface area contributed by atoms with E-state index in [1.165, 1.54) is 5.82 Å². The van der Waals surface area contributed by atoms with Crippen molar-refractivity contribution in [2.75, 3.05) is 26.2 Å². The van der Waals surface area contributed by atoms with Gasteiger partial charge in [-0.1, -0.05) is 0 Å². The lowest BCUT2D eigenvalue weighted by Crippen LogP contribution is -2.42. The summed E-state index contributed by atoms with van der Waals surface area (Å²) in [6.45, 7) is 11.3. The normalized spacial score (nSPS) is 23.8. The number of hydrogen-bond donors (Lipinski definition) is 0. The topological polar surface area (TPSA) is 41.4 Å². The van der Waals surface area contributed by atoms with Crippen LogP contribution in [0.5, 0.6) is 0 Å². The van der Waals surface area contributed by atoms with Crippen LogP contribution < -0.4 is 0 Å². The van der Waals surface area contributed by atoms with E-state index in [0.29, 0.717) is 17.9 Å². The van der Waals surface area contributed by atoms with E-state index in [1.54, 1.807) is 0 Å². The maximum absolute atomic E-state index is 12.8. The molecule has 1 aromatic rings. The third-order valence-electron chi connectivity index (χ3n) is 5.56. The molecule has 5 nitrogen and oxygen atoms in total. The number of nitrogens with zero attached hydrogens (tertiary/aromatic N) is 4. The van der Waals surface area contributed by atoms with Gasteiger partial charge in [0.1, 0.15) is 5.82 Å². The van der Waals surface area contributed by atoms with Gasteiger partial charge in [-0.05, 0) is 46.6 Å². The summed E-state index contributed by atoms with van der Waals surface area (Å²) in [5.74, 6) is 2.30. The van der Waals surface area contributed by atoms with Crippen molar-refractivity contribution in [1.29, 1.82) is 0 Å². The van der Waals surface area contributed by atoms with Crippen LogP contribution in [0.1, 0.15) is 51.8 Å². The SMILES string of the molecule is CCn1ccnc1C1CCN(C(=O)[C@@H]2CCN(C(C)C)C2)CC1. The minimum atomic E-state index is 0.214. The number of imidazole rings is 1. The van der Waals surface area contributed by atoms with Gasteiger partial charge in [-0.25, -0.2) is 4.98 Å². The summed E-state index contributed by atoms with van der Waals surface area (Å²) < 4.78 is 2.24. The molecule has 5 heteroatoms. The van der Waals surface area contributed by atoms with Crippen LogP contribution in [0.15, 0.2) is 12.4 Å². The Labute approximate surface area is 139 Å². The molecule has 0 spiro atoms. The second-order valence-electron chi connectivity index (χ2n) is 7.25. The molecule has 0 saturated carbocycles. The summed E-state index contributed by atoms with van der Waals surface area (Å²) in [7, 11) is 0. The average molecular weight is 318 g/mol. The van der Waals surface area contributed by atoms with E-state index in [4.69, 9.17) is 0 Å². The lowest BCUT2D eigenvalue weighted by atomic mass is 9.94. The minimum absolute atomic E-state index is 0.214. The number of amides is 1. The highest BCUT2D eigenvalue weighted by molar-refractivity contribution is 5.79. The second kappa shape index (κ2) is 7.04. The van der Waals surface area contributed by atoms with Crippen molar-refractivity contribution in [3.05, 3.63) is 18.2 Å². The summed E-state index contributed by atoms with van der Waals surface area (Å²) in [6, 6.07) is 0.548. The molecule has 3 rings (SSSR count). The number of carbonyl (C=O) groups is 1. The van der Waals surface area contributed by atoms with Gasteiger partial charge in [0, 0.05) is 50.5 Å². The predicted octanol–water partition coefficient (Wildman–Crippen LogP) is 2.34. The quantitative estimate of drug-likeness (QED) is 0.855. The maximum atomic E-state index is 12.8. The van der Waals surface area contributed by atoms with Gasteiger partial charge < -0.3 is 14.4 Å². The van der Waals surface area contributed by atoms with E-state index < -0.39 is 0 Å². The summed E-state index contributed by atoms with van der Waals surface area (Å²) in [6.07, 6.45) is 7.07. The zero-order valence-electron chi connectivity index (χ0n) is 14.7. The van der Waals surface area contributed by atoms with Crippen molar-refractivity contribution < 1.29 is 4.79 Å². The molecule has 1 amide bonds. The highest BCUT2D eigenvalue weighted by Crippen LogP contribution is 2.29. The predicted molar refractivity (Wildman–Crippen MR) is 91.3 cm³/mol. The van der Waals surface area contributed by atoms with E-state index in [2.05, 4.69) is 46.3 Å². The second-order valence-corrected chi connectivity index (χ2v) is 7.25. The molecule has 128 valence electrons. The minimum Gasteiger partial charge on any atom is -0.342 e. The average Bonchev–Trinajstić information content (AvgIpc) is 3.23. The van der Waals surface area contributed by atoms with E-state index >= 15 is 0 Å². The molecule has 2 aliphatic heterocycles. The summed E-state index contributed by atoms with van der Waals surface area (Å²) in [5.41, 5.74) is 0. The number of aromatic nitrogens is 2. The fraction of sp³-hybridized carbons (Fsp3) is 0.778. The van der Waals surface area contributed by atoms with Crippen LogP contribution in [0.4, 0.5) is 0 Å². The van der Waals surface area contributed by atoms with Gasteiger partial charge in [-0.15, -0.1) is 0 Å². The third-order valence-corrected chi connectivity index (χ3v) is 5.56. The smallest absolute Gasteiger partial charge is 0.227 e. The van der Waals surface area contributed by atoms with Gasteiger partial charge in [0.25, 0.3) is 0 Å². The molecular weight excluding hydrogens is 288 g/mol. The van der Waals surface area contributed by atoms with Crippen molar-refractivity contribution in [3.63, 3.8) is 0 Å². The highest BCUT2D eigenvalue weighted by atomic mass is 16.2. The molecule has 3 heterocycles. The molecule has 0 aliphatic carbocycles. The van der Waals surface area contributed by atoms with Crippen LogP contribution in [0.2, 0.25) is 0 Å². The Balaban J connectivity index is 1.54. The number of rotatable bonds is 4. The number of carbonyl (C=O) groups excluding carboxylic acids is 1. The van der Waals surface area contributed by atoms with Crippen molar-refractivity contribution in [1.82, 2.24) is 19.4 Å². The number of hydrogen-bond acceptors (Lipinski definition) is 3. The molecule has 0 N–H and O–H groups in total. The summed E-state index contributed by atoms with van der Waals surface area (Å²) >= 11 is 0. The Morgan fingerprint density at radius 2 is 2.00 bits per heavy atom. The Bertz CT molecular complexity index is 531. The van der Waals surface area contributed by atoms with E-state index in [0.717, 1.165) is 52.0 Å². The largest absolute Gasteiger partial charge is 0.342 e. The Hall–Kier alpha value is -1.36. The molecular formula is C18H30N4O. The number of likely N-dealkylation sites (tertiary alicyclic amines) is 2. The van der Waals surface area contributed by atoms with Crippen LogP contribution >= 0.6 is 0 Å². The fourth-order valence-electron chi connectivity index (χ4n) is 4.02. The molecule has 0 unspecified atom stereocenters. The molecule has 0 bridgehead atoms. The zero-order chi connectivity index (χ0) is 16.4. The summed E-state index contributed by atoms with van der Waals surface area (Å²) in [4.78, 5) is 21.8. The Morgan fingerprint density at radius 1 is 1.26 bits per heavy atom. The van der Waals surface area contributed by atoms with E-state index in [1.807, 2.05) is 6.20 Å². The van der Waals surface area contributed by atoms with Gasteiger partial charge in [0.05, 0.1) is 5.92 Å². The van der Waals surface area contributed by atoms with Crippen molar-refractivity contribution in [2.45, 2.75) is 58.5 Å². The lowest BCUT2D eigenvalue weighted by Gasteiger charge is -2.33. The molecule has 2 fully saturated rings.